The SMILES string of the molecule is [2H]C([2H])([2H])c1cn2c(nc1=O)OC1CC2OC1CO. The van der Waals surface area contributed by atoms with E-state index in [2.05, 4.69) is 4.98 Å². The monoisotopic (exact) mass is 227 g/mol. The Labute approximate surface area is 95.7 Å². The first-order valence-electron chi connectivity index (χ1n) is 6.47. The van der Waals surface area contributed by atoms with Crippen molar-refractivity contribution in [1.29, 1.82) is 0 Å². The highest BCUT2D eigenvalue weighted by molar-refractivity contribution is 5.12. The van der Waals surface area contributed by atoms with Crippen molar-refractivity contribution in [3.05, 3.63) is 22.1 Å². The van der Waals surface area contributed by atoms with Gasteiger partial charge in [-0.25, -0.2) is 0 Å². The van der Waals surface area contributed by atoms with Crippen molar-refractivity contribution in [3.63, 3.8) is 0 Å². The van der Waals surface area contributed by atoms with Crippen LogP contribution in [0, 0.1) is 6.85 Å². The lowest BCUT2D eigenvalue weighted by Gasteiger charge is -2.23. The van der Waals surface area contributed by atoms with E-state index in [-0.39, 0.29) is 24.3 Å². The minimum atomic E-state index is -2.53. The van der Waals surface area contributed by atoms with Gasteiger partial charge in [-0.1, -0.05) is 0 Å². The quantitative estimate of drug-likeness (QED) is 0.706. The molecule has 0 spiro atoms. The van der Waals surface area contributed by atoms with Crippen molar-refractivity contribution in [3.8, 4) is 6.01 Å². The number of aromatic nitrogens is 2. The molecule has 3 unspecified atom stereocenters. The Morgan fingerprint density at radius 2 is 2.69 bits per heavy atom. The van der Waals surface area contributed by atoms with E-state index in [1.54, 1.807) is 0 Å². The molecule has 1 N–H and O–H groups in total. The number of hydrogen-bond acceptors (Lipinski definition) is 5. The molecule has 0 amide bonds. The fraction of sp³-hybridized carbons (Fsp3) is 0.600. The van der Waals surface area contributed by atoms with Crippen molar-refractivity contribution in [2.45, 2.75) is 31.7 Å². The Hall–Kier alpha value is -1.40. The molecule has 3 atom stereocenters. The van der Waals surface area contributed by atoms with Gasteiger partial charge in [0.25, 0.3) is 5.56 Å². The van der Waals surface area contributed by atoms with E-state index in [1.165, 1.54) is 10.8 Å². The maximum absolute atomic E-state index is 11.7. The Morgan fingerprint density at radius 1 is 1.81 bits per heavy atom. The van der Waals surface area contributed by atoms with Gasteiger partial charge in [0.2, 0.25) is 0 Å². The van der Waals surface area contributed by atoms with Crippen LogP contribution in [-0.2, 0) is 4.74 Å². The number of ether oxygens (including phenoxy) is 2. The molecule has 0 aromatic carbocycles. The number of fused-ring (bicyclic) bond motifs is 4. The standard InChI is InChI=1S/C10H12N2O4/c1-5-3-12-8-2-6(7(4-13)15-8)16-10(12)11-9(5)14/h3,6-8,13H,2,4H2,1H3/i1D3. The van der Waals surface area contributed by atoms with Gasteiger partial charge in [-0.3, -0.25) is 9.36 Å². The van der Waals surface area contributed by atoms with E-state index in [9.17, 15) is 4.79 Å². The van der Waals surface area contributed by atoms with Crippen molar-refractivity contribution < 1.29 is 18.7 Å². The van der Waals surface area contributed by atoms with E-state index in [0.717, 1.165) is 0 Å². The van der Waals surface area contributed by atoms with E-state index < -0.39 is 24.7 Å². The maximum atomic E-state index is 11.7. The first-order valence-corrected chi connectivity index (χ1v) is 4.97. The van der Waals surface area contributed by atoms with E-state index >= 15 is 0 Å². The van der Waals surface area contributed by atoms with Crippen molar-refractivity contribution in [2.75, 3.05) is 6.61 Å². The van der Waals surface area contributed by atoms with Gasteiger partial charge in [-0.15, -0.1) is 0 Å². The van der Waals surface area contributed by atoms with Crippen molar-refractivity contribution >= 4 is 0 Å². The summed E-state index contributed by atoms with van der Waals surface area (Å²) in [5.74, 6) is 0. The first kappa shape index (κ1) is 7.03. The highest BCUT2D eigenvalue weighted by Gasteiger charge is 2.42. The average molecular weight is 227 g/mol. The Kier molecular flexibility index (Phi) is 1.45. The summed E-state index contributed by atoms with van der Waals surface area (Å²) < 4.78 is 34.3. The van der Waals surface area contributed by atoms with Gasteiger partial charge >= 0.3 is 6.01 Å². The van der Waals surface area contributed by atoms with Crippen LogP contribution >= 0.6 is 0 Å². The van der Waals surface area contributed by atoms with Crippen LogP contribution in [-0.4, -0.2) is 33.5 Å². The zero-order valence-electron chi connectivity index (χ0n) is 11.3. The third kappa shape index (κ3) is 1.27. The second kappa shape index (κ2) is 3.29. The minimum absolute atomic E-state index is 0.0372. The molecular weight excluding hydrogens is 212 g/mol. The third-order valence-corrected chi connectivity index (χ3v) is 2.84. The molecule has 1 saturated heterocycles. The molecule has 1 fully saturated rings. The molecule has 6 heteroatoms. The summed E-state index contributed by atoms with van der Waals surface area (Å²) in [5.41, 5.74) is -1.19. The summed E-state index contributed by atoms with van der Waals surface area (Å²) in [6.07, 6.45) is 0.389. The first-order chi connectivity index (χ1) is 8.90. The van der Waals surface area contributed by atoms with Gasteiger partial charge in [0, 0.05) is 22.3 Å². The van der Waals surface area contributed by atoms with Gasteiger partial charge in [0.15, 0.2) is 0 Å². The highest BCUT2D eigenvalue weighted by Crippen LogP contribution is 2.37. The van der Waals surface area contributed by atoms with E-state index in [1.807, 2.05) is 0 Å². The van der Waals surface area contributed by atoms with Gasteiger partial charge in [0.1, 0.15) is 18.4 Å². The maximum Gasteiger partial charge on any atom is 0.302 e. The molecule has 2 aliphatic rings. The molecule has 2 aliphatic heterocycles. The molecule has 6 nitrogen and oxygen atoms in total. The Morgan fingerprint density at radius 3 is 3.44 bits per heavy atom. The predicted molar refractivity (Wildman–Crippen MR) is 53.3 cm³/mol. The smallest absolute Gasteiger partial charge is 0.302 e. The largest absolute Gasteiger partial charge is 0.458 e. The third-order valence-electron chi connectivity index (χ3n) is 2.84. The van der Waals surface area contributed by atoms with Gasteiger partial charge in [-0.2, -0.15) is 4.98 Å². The Balaban J connectivity index is 2.07. The molecule has 86 valence electrons. The van der Waals surface area contributed by atoms with Gasteiger partial charge < -0.3 is 14.6 Å². The van der Waals surface area contributed by atoms with Gasteiger partial charge in [-0.05, 0) is 6.85 Å². The summed E-state index contributed by atoms with van der Waals surface area (Å²) >= 11 is 0. The number of aryl methyl sites for hydroxylation is 1. The summed E-state index contributed by atoms with van der Waals surface area (Å²) in [5, 5.41) is 9.14. The highest BCUT2D eigenvalue weighted by atomic mass is 16.6. The fourth-order valence-corrected chi connectivity index (χ4v) is 2.04. The zero-order valence-corrected chi connectivity index (χ0v) is 8.29. The summed E-state index contributed by atoms with van der Waals surface area (Å²) in [7, 11) is 0. The molecule has 3 heterocycles. The molecule has 16 heavy (non-hydrogen) atoms. The number of aliphatic hydroxyl groups excluding tert-OH is 1. The molecule has 1 aromatic rings. The molecule has 0 radical (unpaired) electrons. The molecule has 0 saturated carbocycles. The molecule has 1 aromatic heterocycles. The fourth-order valence-electron chi connectivity index (χ4n) is 2.04. The second-order valence-electron chi connectivity index (χ2n) is 3.85. The van der Waals surface area contributed by atoms with Crippen LogP contribution in [0.3, 0.4) is 0 Å². The van der Waals surface area contributed by atoms with Crippen LogP contribution in [0.2, 0.25) is 0 Å². The van der Waals surface area contributed by atoms with Gasteiger partial charge in [0.05, 0.1) is 6.61 Å². The zero-order chi connectivity index (χ0) is 13.8. The van der Waals surface area contributed by atoms with Crippen LogP contribution in [0.4, 0.5) is 0 Å². The van der Waals surface area contributed by atoms with Crippen LogP contribution in [0.1, 0.15) is 22.3 Å². The second-order valence-corrected chi connectivity index (χ2v) is 3.85. The van der Waals surface area contributed by atoms with E-state index in [4.69, 9.17) is 18.7 Å². The summed E-state index contributed by atoms with van der Waals surface area (Å²) in [6, 6.07) is 0.0372. The van der Waals surface area contributed by atoms with Crippen molar-refractivity contribution in [1.82, 2.24) is 9.55 Å². The molecule has 2 bridgehead atoms. The predicted octanol–water partition coefficient (Wildman–Crippen LogP) is -0.407. The minimum Gasteiger partial charge on any atom is -0.458 e. The lowest BCUT2D eigenvalue weighted by molar-refractivity contribution is -0.0247. The summed E-state index contributed by atoms with van der Waals surface area (Å²) in [6.45, 7) is -2.73. The number of hydrogen-bond donors (Lipinski definition) is 1. The molecule has 0 aliphatic carbocycles. The molecular formula is C10H12N2O4. The van der Waals surface area contributed by atoms with Crippen LogP contribution in [0.25, 0.3) is 0 Å². The topological polar surface area (TPSA) is 73.6 Å². The number of nitrogens with zero attached hydrogens (tertiary/aromatic N) is 2. The number of aliphatic hydroxyl groups is 1. The normalized spacial score (nSPS) is 34.6. The van der Waals surface area contributed by atoms with Crippen LogP contribution in [0.5, 0.6) is 6.01 Å². The van der Waals surface area contributed by atoms with Crippen LogP contribution < -0.4 is 10.3 Å². The molecule has 3 rings (SSSR count). The Bertz CT molecular complexity index is 571. The number of rotatable bonds is 1. The van der Waals surface area contributed by atoms with Crippen LogP contribution in [0.15, 0.2) is 11.0 Å². The van der Waals surface area contributed by atoms with E-state index in [0.29, 0.717) is 6.42 Å². The van der Waals surface area contributed by atoms with Crippen molar-refractivity contribution in [2.24, 2.45) is 0 Å². The summed E-state index contributed by atoms with van der Waals surface area (Å²) in [4.78, 5) is 15.3. The average Bonchev–Trinajstić information content (AvgIpc) is 2.65. The lowest BCUT2D eigenvalue weighted by Crippen LogP contribution is -2.33. The lowest BCUT2D eigenvalue weighted by atomic mass is 10.1.